The molecule has 0 bridgehead atoms. The van der Waals surface area contributed by atoms with Crippen LogP contribution in [0.2, 0.25) is 0 Å². The lowest BCUT2D eigenvalue weighted by molar-refractivity contribution is 1.35. The fourth-order valence-corrected chi connectivity index (χ4v) is 1.39. The molecule has 2 aromatic rings. The number of pyridine rings is 1. The summed E-state index contributed by atoms with van der Waals surface area (Å²) in [4.78, 5) is 4.30. The van der Waals surface area contributed by atoms with Gasteiger partial charge in [0.15, 0.2) is 0 Å². The van der Waals surface area contributed by atoms with Gasteiger partial charge < -0.3 is 5.32 Å². The third-order valence-corrected chi connectivity index (χ3v) is 2.01. The van der Waals surface area contributed by atoms with E-state index >= 15 is 0 Å². The second kappa shape index (κ2) is 3.80. The number of aromatic nitrogens is 1. The van der Waals surface area contributed by atoms with Crippen molar-refractivity contribution in [1.82, 2.24) is 4.98 Å². The Morgan fingerprint density at radius 2 is 2.14 bits per heavy atom. The van der Waals surface area contributed by atoms with Crippen LogP contribution in [-0.4, -0.2) is 11.5 Å². The molecule has 0 saturated heterocycles. The smallest absolute Gasteiger partial charge is 0.0933 e. The zero-order valence-corrected chi connectivity index (χ0v) is 7.70. The van der Waals surface area contributed by atoms with Crippen molar-refractivity contribution in [3.05, 3.63) is 36.5 Å². The van der Waals surface area contributed by atoms with Crippen LogP contribution in [0.15, 0.2) is 36.5 Å². The molecule has 2 nitrogen and oxygen atoms in total. The second-order valence-electron chi connectivity index (χ2n) is 2.94. The first-order chi connectivity index (χ1) is 6.92. The summed E-state index contributed by atoms with van der Waals surface area (Å²) in [5.74, 6) is 2.54. The van der Waals surface area contributed by atoms with Gasteiger partial charge in [0.25, 0.3) is 0 Å². The van der Waals surface area contributed by atoms with E-state index in [0.29, 0.717) is 6.54 Å². The molecule has 2 rings (SSSR count). The lowest BCUT2D eigenvalue weighted by Gasteiger charge is -2.05. The summed E-state index contributed by atoms with van der Waals surface area (Å²) in [6.07, 6.45) is 6.97. The fourth-order valence-electron chi connectivity index (χ4n) is 1.39. The molecule has 0 unspecified atom stereocenters. The van der Waals surface area contributed by atoms with Crippen molar-refractivity contribution in [3.63, 3.8) is 0 Å². The Hall–Kier alpha value is -2.01. The summed E-state index contributed by atoms with van der Waals surface area (Å²) in [5.41, 5.74) is 1.95. The van der Waals surface area contributed by atoms with Crippen LogP contribution in [0.25, 0.3) is 10.9 Å². The van der Waals surface area contributed by atoms with Crippen LogP contribution in [0.1, 0.15) is 0 Å². The van der Waals surface area contributed by atoms with E-state index in [9.17, 15) is 0 Å². The molecule has 1 N–H and O–H groups in total. The number of anilines is 1. The summed E-state index contributed by atoms with van der Waals surface area (Å²) in [6.45, 7) is 0.523. The van der Waals surface area contributed by atoms with Gasteiger partial charge in [-0.15, -0.1) is 6.42 Å². The van der Waals surface area contributed by atoms with Gasteiger partial charge in [0.05, 0.1) is 17.7 Å². The number of hydrogen-bond donors (Lipinski definition) is 1. The van der Waals surface area contributed by atoms with Crippen LogP contribution in [0.4, 0.5) is 5.69 Å². The molecule has 1 aromatic carbocycles. The molecule has 0 atom stereocenters. The number of fused-ring (bicyclic) bond motifs is 1. The lowest BCUT2D eigenvalue weighted by atomic mass is 10.2. The van der Waals surface area contributed by atoms with Gasteiger partial charge in [-0.3, -0.25) is 4.98 Å². The standard InChI is InChI=1S/C12H10N2/c1-2-8-13-11-7-3-5-10-6-4-9-14-12(10)11/h1,3-7,9,13H,8H2. The Bertz CT molecular complexity index is 478. The normalized spacial score (nSPS) is 9.64. The van der Waals surface area contributed by atoms with Crippen molar-refractivity contribution in [2.45, 2.75) is 0 Å². The molecule has 1 heterocycles. The monoisotopic (exact) mass is 182 g/mol. The number of benzene rings is 1. The molecule has 68 valence electrons. The van der Waals surface area contributed by atoms with E-state index in [1.807, 2.05) is 30.3 Å². The first kappa shape index (κ1) is 8.58. The molecule has 0 aliphatic heterocycles. The third-order valence-electron chi connectivity index (χ3n) is 2.01. The largest absolute Gasteiger partial charge is 0.372 e. The van der Waals surface area contributed by atoms with Crippen molar-refractivity contribution in [3.8, 4) is 12.3 Å². The molecule has 1 aromatic heterocycles. The van der Waals surface area contributed by atoms with Crippen LogP contribution >= 0.6 is 0 Å². The molecule has 0 amide bonds. The summed E-state index contributed by atoms with van der Waals surface area (Å²) < 4.78 is 0. The zero-order chi connectivity index (χ0) is 9.80. The first-order valence-electron chi connectivity index (χ1n) is 4.43. The SMILES string of the molecule is C#CCNc1cccc2cccnc12. The molecule has 0 fully saturated rings. The zero-order valence-electron chi connectivity index (χ0n) is 7.70. The molecule has 0 spiro atoms. The minimum atomic E-state index is 0.523. The van der Waals surface area contributed by atoms with Gasteiger partial charge in [-0.1, -0.05) is 24.1 Å². The molecule has 0 saturated carbocycles. The average Bonchev–Trinajstić information content (AvgIpc) is 2.26. The fraction of sp³-hybridized carbons (Fsp3) is 0.0833. The maximum absolute atomic E-state index is 5.19. The van der Waals surface area contributed by atoms with Gasteiger partial charge >= 0.3 is 0 Å². The maximum atomic E-state index is 5.19. The highest BCUT2D eigenvalue weighted by atomic mass is 14.9. The minimum absolute atomic E-state index is 0.523. The van der Waals surface area contributed by atoms with E-state index in [2.05, 4.69) is 16.2 Å². The number of terminal acetylenes is 1. The third kappa shape index (κ3) is 1.53. The number of nitrogens with one attached hydrogen (secondary N) is 1. The topological polar surface area (TPSA) is 24.9 Å². The highest BCUT2D eigenvalue weighted by Gasteiger charge is 1.98. The summed E-state index contributed by atoms with van der Waals surface area (Å²) in [7, 11) is 0. The van der Waals surface area contributed by atoms with Gasteiger partial charge in [-0.05, 0) is 12.1 Å². The summed E-state index contributed by atoms with van der Waals surface area (Å²) in [5, 5.41) is 4.26. The van der Waals surface area contributed by atoms with E-state index in [1.54, 1.807) is 6.20 Å². The molecular formula is C12H10N2. The van der Waals surface area contributed by atoms with Gasteiger partial charge in [0.2, 0.25) is 0 Å². The van der Waals surface area contributed by atoms with Gasteiger partial charge in [0, 0.05) is 11.6 Å². The number of rotatable bonds is 2. The molecular weight excluding hydrogens is 172 g/mol. The highest BCUT2D eigenvalue weighted by molar-refractivity contribution is 5.90. The maximum Gasteiger partial charge on any atom is 0.0933 e. The van der Waals surface area contributed by atoms with E-state index in [1.165, 1.54) is 0 Å². The molecule has 0 aliphatic rings. The molecule has 0 aliphatic carbocycles. The Labute approximate surface area is 83.0 Å². The van der Waals surface area contributed by atoms with Crippen molar-refractivity contribution < 1.29 is 0 Å². The van der Waals surface area contributed by atoms with Gasteiger partial charge in [-0.2, -0.15) is 0 Å². The van der Waals surface area contributed by atoms with Crippen molar-refractivity contribution >= 4 is 16.6 Å². The minimum Gasteiger partial charge on any atom is -0.372 e. The van der Waals surface area contributed by atoms with Crippen molar-refractivity contribution in [2.75, 3.05) is 11.9 Å². The lowest BCUT2D eigenvalue weighted by Crippen LogP contribution is -1.99. The van der Waals surface area contributed by atoms with Crippen LogP contribution in [0, 0.1) is 12.3 Å². The van der Waals surface area contributed by atoms with Gasteiger partial charge in [0.1, 0.15) is 0 Å². The van der Waals surface area contributed by atoms with Crippen LogP contribution in [-0.2, 0) is 0 Å². The highest BCUT2D eigenvalue weighted by Crippen LogP contribution is 2.19. The predicted octanol–water partition coefficient (Wildman–Crippen LogP) is 2.28. The number of para-hydroxylation sites is 1. The van der Waals surface area contributed by atoms with Crippen molar-refractivity contribution in [2.24, 2.45) is 0 Å². The number of nitrogens with zero attached hydrogens (tertiary/aromatic N) is 1. The number of hydrogen-bond acceptors (Lipinski definition) is 2. The molecule has 0 radical (unpaired) electrons. The van der Waals surface area contributed by atoms with Gasteiger partial charge in [-0.25, -0.2) is 0 Å². The van der Waals surface area contributed by atoms with Crippen LogP contribution < -0.4 is 5.32 Å². The second-order valence-corrected chi connectivity index (χ2v) is 2.94. The Morgan fingerprint density at radius 1 is 1.29 bits per heavy atom. The van der Waals surface area contributed by atoms with Crippen LogP contribution in [0.5, 0.6) is 0 Å². The van der Waals surface area contributed by atoms with Crippen molar-refractivity contribution in [1.29, 1.82) is 0 Å². The Balaban J connectivity index is 2.49. The molecule has 14 heavy (non-hydrogen) atoms. The first-order valence-corrected chi connectivity index (χ1v) is 4.43. The van der Waals surface area contributed by atoms with E-state index in [0.717, 1.165) is 16.6 Å². The average molecular weight is 182 g/mol. The van der Waals surface area contributed by atoms with E-state index < -0.39 is 0 Å². The summed E-state index contributed by atoms with van der Waals surface area (Å²) >= 11 is 0. The van der Waals surface area contributed by atoms with E-state index in [4.69, 9.17) is 6.42 Å². The van der Waals surface area contributed by atoms with E-state index in [-0.39, 0.29) is 0 Å². The summed E-state index contributed by atoms with van der Waals surface area (Å²) in [6, 6.07) is 9.95. The quantitative estimate of drug-likeness (QED) is 0.721. The Morgan fingerprint density at radius 3 is 3.00 bits per heavy atom. The molecule has 2 heteroatoms. The van der Waals surface area contributed by atoms with Crippen LogP contribution in [0.3, 0.4) is 0 Å². The predicted molar refractivity (Wildman–Crippen MR) is 59.1 cm³/mol. The Kier molecular flexibility index (Phi) is 2.33.